The van der Waals surface area contributed by atoms with E-state index in [0.717, 1.165) is 61.9 Å². The topological polar surface area (TPSA) is 83.4 Å². The van der Waals surface area contributed by atoms with E-state index in [9.17, 15) is 5.11 Å². The average Bonchev–Trinajstić information content (AvgIpc) is 2.94. The maximum Gasteiger partial charge on any atom is 0.161 e. The van der Waals surface area contributed by atoms with Crippen LogP contribution in [0.25, 0.3) is 11.4 Å². The third-order valence-electron chi connectivity index (χ3n) is 4.99. The molecule has 0 bridgehead atoms. The lowest BCUT2D eigenvalue weighted by atomic mass is 10.1. The van der Waals surface area contributed by atoms with Crippen LogP contribution in [0.1, 0.15) is 17.7 Å². The van der Waals surface area contributed by atoms with E-state index in [0.29, 0.717) is 13.0 Å². The van der Waals surface area contributed by atoms with Gasteiger partial charge in [-0.2, -0.15) is 0 Å². The van der Waals surface area contributed by atoms with Crippen LogP contribution in [0.3, 0.4) is 0 Å². The molecule has 0 aromatic carbocycles. The van der Waals surface area contributed by atoms with Crippen molar-refractivity contribution in [3.8, 4) is 11.4 Å². The first-order valence-corrected chi connectivity index (χ1v) is 9.33. The Morgan fingerprint density at radius 2 is 2.04 bits per heavy atom. The second-order valence-corrected chi connectivity index (χ2v) is 6.73. The van der Waals surface area contributed by atoms with E-state index in [4.69, 9.17) is 14.7 Å². The maximum atomic E-state index is 9.26. The highest BCUT2D eigenvalue weighted by atomic mass is 16.5. The van der Waals surface area contributed by atoms with Crippen LogP contribution in [-0.4, -0.2) is 65.6 Å². The summed E-state index contributed by atoms with van der Waals surface area (Å²) in [6.07, 6.45) is 6.10. The Morgan fingerprint density at radius 3 is 2.88 bits per heavy atom. The number of hydrogen-bond donors (Lipinski definition) is 2. The van der Waals surface area contributed by atoms with Crippen molar-refractivity contribution < 1.29 is 9.84 Å². The van der Waals surface area contributed by atoms with E-state index in [2.05, 4.69) is 15.2 Å². The summed E-state index contributed by atoms with van der Waals surface area (Å²) in [5.41, 5.74) is 3.37. The highest BCUT2D eigenvalue weighted by Crippen LogP contribution is 2.28. The fourth-order valence-corrected chi connectivity index (χ4v) is 3.65. The molecule has 1 atom stereocenters. The SMILES string of the molecule is OCC[C@@H]1CN(c2nc(-c3ccncc3)nc3c2CCNCC3)CCO1. The van der Waals surface area contributed by atoms with E-state index in [-0.39, 0.29) is 12.7 Å². The van der Waals surface area contributed by atoms with Crippen LogP contribution in [0.5, 0.6) is 0 Å². The number of fused-ring (bicyclic) bond motifs is 1. The summed E-state index contributed by atoms with van der Waals surface area (Å²) < 4.78 is 5.79. The molecular formula is C19H25N5O2. The molecule has 0 amide bonds. The van der Waals surface area contributed by atoms with Gasteiger partial charge >= 0.3 is 0 Å². The molecule has 2 aromatic heterocycles. The molecule has 2 aliphatic heterocycles. The standard InChI is InChI=1S/C19H25N5O2/c25-11-5-15-13-24(10-12-26-15)19-16-3-8-21-9-4-17(16)22-18(23-19)14-1-6-20-7-2-14/h1-2,6-7,15,21,25H,3-5,8-13H2/t15-/m1/s1. The number of ether oxygens (including phenoxy) is 1. The number of aliphatic hydroxyl groups is 1. The van der Waals surface area contributed by atoms with Crippen molar-refractivity contribution in [2.45, 2.75) is 25.4 Å². The van der Waals surface area contributed by atoms with Crippen molar-refractivity contribution in [3.63, 3.8) is 0 Å². The van der Waals surface area contributed by atoms with Crippen LogP contribution in [0.4, 0.5) is 5.82 Å². The van der Waals surface area contributed by atoms with Gasteiger partial charge in [-0.25, -0.2) is 9.97 Å². The minimum atomic E-state index is 0.0487. The third-order valence-corrected chi connectivity index (χ3v) is 4.99. The molecule has 0 aliphatic carbocycles. The Morgan fingerprint density at radius 1 is 1.19 bits per heavy atom. The summed E-state index contributed by atoms with van der Waals surface area (Å²) in [6, 6.07) is 3.91. The zero-order chi connectivity index (χ0) is 17.8. The number of aromatic nitrogens is 3. The molecule has 2 aliphatic rings. The Kier molecular flexibility index (Phi) is 5.38. The second-order valence-electron chi connectivity index (χ2n) is 6.73. The fourth-order valence-electron chi connectivity index (χ4n) is 3.65. The Hall–Kier alpha value is -2.09. The zero-order valence-electron chi connectivity index (χ0n) is 14.9. The third kappa shape index (κ3) is 3.70. The Labute approximate surface area is 153 Å². The second kappa shape index (κ2) is 8.07. The highest BCUT2D eigenvalue weighted by molar-refractivity contribution is 5.60. The molecule has 0 radical (unpaired) electrons. The largest absolute Gasteiger partial charge is 0.396 e. The number of aliphatic hydroxyl groups excluding tert-OH is 1. The summed E-state index contributed by atoms with van der Waals surface area (Å²) in [6.45, 7) is 4.26. The molecule has 1 saturated heterocycles. The molecular weight excluding hydrogens is 330 g/mol. The molecule has 0 spiro atoms. The monoisotopic (exact) mass is 355 g/mol. The van der Waals surface area contributed by atoms with E-state index in [1.54, 1.807) is 12.4 Å². The zero-order valence-corrected chi connectivity index (χ0v) is 14.9. The van der Waals surface area contributed by atoms with Gasteiger partial charge in [0.25, 0.3) is 0 Å². The number of nitrogens with one attached hydrogen (secondary N) is 1. The van der Waals surface area contributed by atoms with Crippen molar-refractivity contribution in [3.05, 3.63) is 35.8 Å². The summed E-state index contributed by atoms with van der Waals surface area (Å²) in [7, 11) is 0. The summed E-state index contributed by atoms with van der Waals surface area (Å²) in [5.74, 6) is 1.78. The summed E-state index contributed by atoms with van der Waals surface area (Å²) in [4.78, 5) is 16.2. The predicted octanol–water partition coefficient (Wildman–Crippen LogP) is 0.814. The van der Waals surface area contributed by atoms with Gasteiger partial charge in [0.05, 0.1) is 18.4 Å². The first-order valence-electron chi connectivity index (χ1n) is 9.33. The molecule has 138 valence electrons. The molecule has 2 N–H and O–H groups in total. The molecule has 26 heavy (non-hydrogen) atoms. The minimum Gasteiger partial charge on any atom is -0.396 e. The van der Waals surface area contributed by atoms with Gasteiger partial charge in [-0.3, -0.25) is 4.98 Å². The Bertz CT molecular complexity index is 738. The predicted molar refractivity (Wildman–Crippen MR) is 99.2 cm³/mol. The van der Waals surface area contributed by atoms with E-state index >= 15 is 0 Å². The number of hydrogen-bond acceptors (Lipinski definition) is 7. The average molecular weight is 355 g/mol. The molecule has 0 saturated carbocycles. The van der Waals surface area contributed by atoms with Crippen molar-refractivity contribution in [1.82, 2.24) is 20.3 Å². The molecule has 1 fully saturated rings. The van der Waals surface area contributed by atoms with Crippen molar-refractivity contribution in [1.29, 1.82) is 0 Å². The van der Waals surface area contributed by atoms with E-state index < -0.39 is 0 Å². The maximum absolute atomic E-state index is 9.26. The van der Waals surface area contributed by atoms with Gasteiger partial charge in [-0.1, -0.05) is 0 Å². The molecule has 7 nitrogen and oxygen atoms in total. The fraction of sp³-hybridized carbons (Fsp3) is 0.526. The quantitative estimate of drug-likeness (QED) is 0.840. The molecule has 4 heterocycles. The number of anilines is 1. The lowest BCUT2D eigenvalue weighted by Crippen LogP contribution is -2.44. The van der Waals surface area contributed by atoms with Crippen LogP contribution >= 0.6 is 0 Å². The van der Waals surface area contributed by atoms with Crippen molar-refractivity contribution in [2.24, 2.45) is 0 Å². The summed E-state index contributed by atoms with van der Waals surface area (Å²) >= 11 is 0. The van der Waals surface area contributed by atoms with Gasteiger partial charge in [-0.05, 0) is 31.5 Å². The normalized spacial score (nSPS) is 20.5. The highest BCUT2D eigenvalue weighted by Gasteiger charge is 2.26. The number of rotatable bonds is 4. The molecule has 4 rings (SSSR count). The lowest BCUT2D eigenvalue weighted by molar-refractivity contribution is 0.0244. The summed E-state index contributed by atoms with van der Waals surface area (Å²) in [5, 5.41) is 12.7. The number of nitrogens with zero attached hydrogens (tertiary/aromatic N) is 4. The van der Waals surface area contributed by atoms with E-state index in [1.807, 2.05) is 12.1 Å². The van der Waals surface area contributed by atoms with Crippen LogP contribution in [0.15, 0.2) is 24.5 Å². The minimum absolute atomic E-state index is 0.0487. The van der Waals surface area contributed by atoms with Crippen molar-refractivity contribution in [2.75, 3.05) is 44.3 Å². The van der Waals surface area contributed by atoms with Crippen molar-refractivity contribution >= 4 is 5.82 Å². The van der Waals surface area contributed by atoms with Gasteiger partial charge < -0.3 is 20.1 Å². The van der Waals surface area contributed by atoms with Gasteiger partial charge in [-0.15, -0.1) is 0 Å². The van der Waals surface area contributed by atoms with Crippen LogP contribution in [0.2, 0.25) is 0 Å². The van der Waals surface area contributed by atoms with Crippen LogP contribution in [-0.2, 0) is 17.6 Å². The van der Waals surface area contributed by atoms with Gasteiger partial charge in [0, 0.05) is 56.2 Å². The molecule has 7 heteroatoms. The van der Waals surface area contributed by atoms with Gasteiger partial charge in [0.2, 0.25) is 0 Å². The van der Waals surface area contributed by atoms with E-state index in [1.165, 1.54) is 5.56 Å². The lowest BCUT2D eigenvalue weighted by Gasteiger charge is -2.35. The van der Waals surface area contributed by atoms with Crippen LogP contribution in [0, 0.1) is 0 Å². The van der Waals surface area contributed by atoms with Gasteiger partial charge in [0.1, 0.15) is 5.82 Å². The number of morpholine rings is 1. The smallest absolute Gasteiger partial charge is 0.161 e. The number of pyridine rings is 1. The first-order chi connectivity index (χ1) is 12.8. The Balaban J connectivity index is 1.74. The van der Waals surface area contributed by atoms with Gasteiger partial charge in [0.15, 0.2) is 5.82 Å². The van der Waals surface area contributed by atoms with Crippen LogP contribution < -0.4 is 10.2 Å². The molecule has 0 unspecified atom stereocenters. The first kappa shape index (κ1) is 17.3. The molecule has 2 aromatic rings.